The third-order valence-electron chi connectivity index (χ3n) is 12.9. The maximum absolute atomic E-state index is 14.9. The van der Waals surface area contributed by atoms with Gasteiger partial charge in [0.1, 0.15) is 29.8 Å². The smallest absolute Gasteiger partial charge is 0.327 e. The van der Waals surface area contributed by atoms with Gasteiger partial charge in [-0.25, -0.2) is 0 Å². The summed E-state index contributed by atoms with van der Waals surface area (Å²) in [5.41, 5.74) is 1.83. The summed E-state index contributed by atoms with van der Waals surface area (Å²) in [6, 6.07) is 14.2. The third-order valence-corrected chi connectivity index (χ3v) is 12.9. The van der Waals surface area contributed by atoms with Crippen molar-refractivity contribution in [2.75, 3.05) is 13.2 Å². The number of fused-ring (bicyclic) bond motifs is 5. The van der Waals surface area contributed by atoms with Crippen LogP contribution in [0.25, 0.3) is 6.08 Å². The van der Waals surface area contributed by atoms with Crippen molar-refractivity contribution < 1.29 is 43.3 Å². The fourth-order valence-electron chi connectivity index (χ4n) is 9.97. The second-order valence-corrected chi connectivity index (χ2v) is 17.0. The van der Waals surface area contributed by atoms with Crippen molar-refractivity contribution in [1.29, 1.82) is 0 Å². The molecular weight excluding hydrogens is 727 g/mol. The van der Waals surface area contributed by atoms with Crippen LogP contribution in [0.1, 0.15) is 118 Å². The number of rotatable bonds is 18. The van der Waals surface area contributed by atoms with Gasteiger partial charge in [0.15, 0.2) is 11.8 Å². The number of carbonyl (C=O) groups is 3. The largest absolute Gasteiger partial charge is 0.458 e. The zero-order chi connectivity index (χ0) is 39.6. The van der Waals surface area contributed by atoms with E-state index >= 15 is 0 Å². The van der Waals surface area contributed by atoms with Gasteiger partial charge >= 0.3 is 5.97 Å². The molecule has 4 saturated heterocycles. The Morgan fingerprint density at radius 1 is 0.912 bits per heavy atom. The van der Waals surface area contributed by atoms with Crippen molar-refractivity contribution in [1.82, 2.24) is 15.7 Å². The van der Waals surface area contributed by atoms with E-state index in [0.717, 1.165) is 87.3 Å². The van der Waals surface area contributed by atoms with Gasteiger partial charge in [-0.3, -0.25) is 19.2 Å². The molecule has 2 bridgehead atoms. The Balaban J connectivity index is 1.07. The number of nitrogens with zero attached hydrogens (tertiary/aromatic N) is 1. The zero-order valence-electron chi connectivity index (χ0n) is 33.4. The molecule has 9 unspecified atom stereocenters. The molecule has 6 fully saturated rings. The number of amides is 2. The summed E-state index contributed by atoms with van der Waals surface area (Å²) in [4.78, 5) is 48.7. The number of epoxide rings is 1. The summed E-state index contributed by atoms with van der Waals surface area (Å²) in [7, 11) is 0. The molecule has 2 aromatic rings. The van der Waals surface area contributed by atoms with E-state index in [4.69, 9.17) is 28.9 Å². The molecule has 0 radical (unpaired) electrons. The van der Waals surface area contributed by atoms with Gasteiger partial charge in [-0.15, -0.1) is 0 Å². The highest BCUT2D eigenvalue weighted by atomic mass is 16.8. The molecule has 57 heavy (non-hydrogen) atoms. The summed E-state index contributed by atoms with van der Waals surface area (Å²) in [6.07, 6.45) is 13.8. The topological polar surface area (TPSA) is 148 Å². The molecular formula is C45H59N3O9. The number of ether oxygens (including phenoxy) is 4. The van der Waals surface area contributed by atoms with Crippen LogP contribution in [0.5, 0.6) is 0 Å². The van der Waals surface area contributed by atoms with Gasteiger partial charge in [0.05, 0.1) is 25.4 Å². The first-order valence-electron chi connectivity index (χ1n) is 21.4. The number of hydrogen-bond donors (Lipinski definition) is 3. The first-order chi connectivity index (χ1) is 27.8. The van der Waals surface area contributed by atoms with Crippen molar-refractivity contribution in [3.63, 3.8) is 0 Å². The summed E-state index contributed by atoms with van der Waals surface area (Å²) in [6.45, 7) is 4.72. The molecule has 308 valence electrons. The highest BCUT2D eigenvalue weighted by Crippen LogP contribution is 2.58. The van der Waals surface area contributed by atoms with Crippen LogP contribution in [-0.4, -0.2) is 89.6 Å². The Morgan fingerprint density at radius 3 is 2.46 bits per heavy atom. The lowest BCUT2D eigenvalue weighted by molar-refractivity contribution is -0.224. The molecule has 3 N–H and O–H groups in total. The molecule has 0 aromatic heterocycles. The van der Waals surface area contributed by atoms with Gasteiger partial charge in [0, 0.05) is 37.9 Å². The van der Waals surface area contributed by atoms with Crippen LogP contribution < -0.4 is 10.6 Å². The molecule has 2 amide bonds. The average molecular weight is 786 g/mol. The van der Waals surface area contributed by atoms with Crippen molar-refractivity contribution in [3.8, 4) is 0 Å². The van der Waals surface area contributed by atoms with Gasteiger partial charge in [0.2, 0.25) is 5.91 Å². The predicted molar refractivity (Wildman–Crippen MR) is 211 cm³/mol. The molecule has 4 aliphatic heterocycles. The monoisotopic (exact) mass is 785 g/mol. The van der Waals surface area contributed by atoms with E-state index < -0.39 is 47.6 Å². The number of unbranched alkanes of at least 4 members (excludes halogenated alkanes) is 4. The number of hydrogen-bond acceptors (Lipinski definition) is 10. The average Bonchev–Trinajstić information content (AvgIpc) is 3.77. The van der Waals surface area contributed by atoms with E-state index in [1.54, 1.807) is 23.3 Å². The fourth-order valence-corrected chi connectivity index (χ4v) is 9.97. The van der Waals surface area contributed by atoms with Crippen LogP contribution >= 0.6 is 0 Å². The van der Waals surface area contributed by atoms with Crippen LogP contribution in [-0.2, 0) is 46.5 Å². The number of benzene rings is 2. The fraction of sp³-hybridized carbons (Fsp3) is 0.622. The quantitative estimate of drug-likeness (QED) is 0.0971. The Hall–Kier alpha value is -3.65. The first kappa shape index (κ1) is 40.1. The molecule has 12 heteroatoms. The number of aliphatic hydroxyl groups is 1. The second kappa shape index (κ2) is 17.3. The summed E-state index contributed by atoms with van der Waals surface area (Å²) in [5, 5.41) is 16.6. The molecule has 6 aliphatic rings. The minimum absolute atomic E-state index is 0.132. The van der Waals surface area contributed by atoms with E-state index in [1.807, 2.05) is 18.2 Å². The lowest BCUT2D eigenvalue weighted by atomic mass is 9.62. The molecule has 9 atom stereocenters. The van der Waals surface area contributed by atoms with Gasteiger partial charge in [-0.2, -0.15) is 5.06 Å². The van der Waals surface area contributed by atoms with E-state index in [9.17, 15) is 14.4 Å². The van der Waals surface area contributed by atoms with Crippen LogP contribution in [0, 0.1) is 11.3 Å². The molecule has 12 nitrogen and oxygen atoms in total. The Bertz CT molecular complexity index is 1790. The molecule has 2 aromatic carbocycles. The number of nitrogens with one attached hydrogen (secondary N) is 2. The summed E-state index contributed by atoms with van der Waals surface area (Å²) in [5.74, 6) is -1.49. The van der Waals surface area contributed by atoms with Crippen molar-refractivity contribution in [2.45, 2.75) is 152 Å². The number of carbonyl (C=O) groups excluding carboxylic acids is 3. The maximum Gasteiger partial charge on any atom is 0.327 e. The van der Waals surface area contributed by atoms with E-state index in [0.29, 0.717) is 23.7 Å². The van der Waals surface area contributed by atoms with Gasteiger partial charge in [0.25, 0.3) is 5.91 Å². The lowest BCUT2D eigenvalue weighted by Gasteiger charge is -2.48. The number of hydroxylamine groups is 2. The molecule has 2 saturated carbocycles. The van der Waals surface area contributed by atoms with Crippen molar-refractivity contribution >= 4 is 23.9 Å². The normalized spacial score (nSPS) is 32.1. The van der Waals surface area contributed by atoms with E-state index in [-0.39, 0.29) is 44.5 Å². The van der Waals surface area contributed by atoms with Crippen molar-refractivity contribution in [2.24, 2.45) is 11.3 Å². The third kappa shape index (κ3) is 8.31. The number of esters is 1. The van der Waals surface area contributed by atoms with E-state index in [2.05, 4.69) is 48.8 Å². The molecule has 2 aliphatic carbocycles. The van der Waals surface area contributed by atoms with Gasteiger partial charge in [-0.05, 0) is 66.8 Å². The van der Waals surface area contributed by atoms with E-state index in [1.165, 1.54) is 0 Å². The second-order valence-electron chi connectivity index (χ2n) is 17.0. The molecule has 0 spiro atoms. The standard InChI is InChI=1S/C45H59N3O9/c1-3-5-7-19-44(20-8-6-4-2)55-37-36-26-45(43(52)47-27-31-12-10-14-33(24-31)41(50)46-21-22-49)39(42(51)54-36)48(57-40(45)38(37)56-44)28-32-13-9-11-29(23-32)15-16-30-17-18-34-35(25-30)53-34/h9-16,23-24,30,34-40,49H,3-8,17-22,25-28H2,1-2H3,(H,46,50)(H,47,52). The highest BCUT2D eigenvalue weighted by Gasteiger charge is 2.76. The van der Waals surface area contributed by atoms with Gasteiger partial charge in [-0.1, -0.05) is 88.1 Å². The van der Waals surface area contributed by atoms with Crippen molar-refractivity contribution in [3.05, 3.63) is 76.9 Å². The SMILES string of the molecule is CCCCCC1(CCCCC)OC2C3CC4(C(=O)NCc5cccc(C(=O)NCCO)c5)C(ON(Cc5cccc(C=CC6CCC7OC7C6)c5)C4C(=O)O3)C2O1. The molecule has 4 heterocycles. The Morgan fingerprint density at radius 2 is 1.68 bits per heavy atom. The lowest BCUT2D eigenvalue weighted by Crippen LogP contribution is -2.69. The maximum atomic E-state index is 14.9. The molecule has 8 rings (SSSR count). The van der Waals surface area contributed by atoms with Gasteiger partial charge < -0.3 is 34.7 Å². The predicted octanol–water partition coefficient (Wildman–Crippen LogP) is 5.75. The summed E-state index contributed by atoms with van der Waals surface area (Å²) >= 11 is 0. The first-order valence-corrected chi connectivity index (χ1v) is 21.4. The van der Waals surface area contributed by atoms with Crippen LogP contribution in [0.15, 0.2) is 54.6 Å². The van der Waals surface area contributed by atoms with Crippen LogP contribution in [0.4, 0.5) is 0 Å². The number of aliphatic hydroxyl groups excluding tert-OH is 1. The Kier molecular flexibility index (Phi) is 12.2. The minimum Gasteiger partial charge on any atom is -0.458 e. The Labute approximate surface area is 335 Å². The highest BCUT2D eigenvalue weighted by molar-refractivity contribution is 5.95. The summed E-state index contributed by atoms with van der Waals surface area (Å²) < 4.78 is 25.9. The van der Waals surface area contributed by atoms with Crippen LogP contribution in [0.2, 0.25) is 0 Å². The zero-order valence-corrected chi connectivity index (χ0v) is 33.4. The number of allylic oxidation sites excluding steroid dienone is 1. The minimum atomic E-state index is -1.31. The van der Waals surface area contributed by atoms with Crippen LogP contribution in [0.3, 0.4) is 0 Å².